The number of Topliss-reactive ketones (excluding diaryl/α,β-unsaturated/α-hetero) is 1. The number of phenols is 2. The van der Waals surface area contributed by atoms with E-state index in [0.717, 1.165) is 11.5 Å². The normalized spacial score (nSPS) is 14.4. The molecule has 136 valence electrons. The highest BCUT2D eigenvalue weighted by molar-refractivity contribution is 6.17. The second-order valence-corrected chi connectivity index (χ2v) is 6.17. The van der Waals surface area contributed by atoms with Crippen molar-refractivity contribution in [2.75, 3.05) is 7.11 Å². The molecule has 0 amide bonds. The van der Waals surface area contributed by atoms with Crippen molar-refractivity contribution in [3.63, 3.8) is 0 Å². The molecule has 2 N–H and O–H groups in total. The highest BCUT2D eigenvalue weighted by atomic mass is 16.5. The molecule has 4 rings (SSSR count). The molecule has 1 aliphatic heterocycles. The van der Waals surface area contributed by atoms with Crippen molar-refractivity contribution in [2.45, 2.75) is 0 Å². The number of fused-ring (bicyclic) bond motifs is 2. The van der Waals surface area contributed by atoms with E-state index in [1.54, 1.807) is 36.0 Å². The maximum atomic E-state index is 12.6. The Bertz CT molecular complexity index is 1150. The summed E-state index contributed by atoms with van der Waals surface area (Å²) in [5, 5.41) is 20.2. The largest absolute Gasteiger partial charge is 0.508 e. The van der Waals surface area contributed by atoms with Gasteiger partial charge in [0.15, 0.2) is 5.76 Å². The minimum Gasteiger partial charge on any atom is -0.508 e. The van der Waals surface area contributed by atoms with E-state index in [1.807, 2.05) is 6.07 Å². The number of nitrogens with zero attached hydrogens (tertiary/aromatic N) is 1. The van der Waals surface area contributed by atoms with E-state index in [2.05, 4.69) is 0 Å². The number of benzene rings is 2. The third-order valence-corrected chi connectivity index (χ3v) is 4.46. The number of aromatic hydroxyl groups is 2. The number of rotatable bonds is 2. The summed E-state index contributed by atoms with van der Waals surface area (Å²) >= 11 is 0. The summed E-state index contributed by atoms with van der Waals surface area (Å²) in [6, 6.07) is 7.57. The molecule has 0 bridgehead atoms. The fraction of sp³-hybridized carbons (Fsp3) is 0.100. The van der Waals surface area contributed by atoms with Crippen LogP contribution in [-0.2, 0) is 11.8 Å². The van der Waals surface area contributed by atoms with Crippen molar-refractivity contribution in [3.05, 3.63) is 59.0 Å². The van der Waals surface area contributed by atoms with Crippen LogP contribution in [0.5, 0.6) is 17.2 Å². The number of aromatic nitrogens is 1. The number of phenolic OH excluding ortho intramolecular Hbond substituents is 2. The summed E-state index contributed by atoms with van der Waals surface area (Å²) in [5.74, 6) is -1.37. The summed E-state index contributed by atoms with van der Waals surface area (Å²) in [6.07, 6.45) is 3.31. The van der Waals surface area contributed by atoms with E-state index >= 15 is 0 Å². The zero-order valence-corrected chi connectivity index (χ0v) is 14.5. The number of allylic oxidation sites excluding steroid dienone is 1. The van der Waals surface area contributed by atoms with E-state index in [-0.39, 0.29) is 28.6 Å². The Morgan fingerprint density at radius 3 is 2.78 bits per heavy atom. The van der Waals surface area contributed by atoms with Crippen molar-refractivity contribution < 1.29 is 29.3 Å². The molecule has 0 saturated carbocycles. The minimum absolute atomic E-state index is 0.00883. The third kappa shape index (κ3) is 2.52. The maximum Gasteiger partial charge on any atom is 0.340 e. The average Bonchev–Trinajstić information content (AvgIpc) is 3.12. The molecule has 0 fully saturated rings. The van der Waals surface area contributed by atoms with E-state index < -0.39 is 11.8 Å². The van der Waals surface area contributed by atoms with Crippen LogP contribution < -0.4 is 4.74 Å². The van der Waals surface area contributed by atoms with Gasteiger partial charge in [0, 0.05) is 36.3 Å². The number of para-hydroxylation sites is 1. The highest BCUT2D eigenvalue weighted by Gasteiger charge is 2.31. The van der Waals surface area contributed by atoms with Crippen molar-refractivity contribution in [1.82, 2.24) is 4.57 Å². The van der Waals surface area contributed by atoms with Crippen molar-refractivity contribution in [3.8, 4) is 17.2 Å². The first kappa shape index (κ1) is 16.7. The number of esters is 1. The zero-order valence-electron chi connectivity index (χ0n) is 14.5. The quantitative estimate of drug-likeness (QED) is 0.535. The predicted octanol–water partition coefficient (Wildman–Crippen LogP) is 2.99. The summed E-state index contributed by atoms with van der Waals surface area (Å²) < 4.78 is 12.1. The van der Waals surface area contributed by atoms with Gasteiger partial charge in [0.25, 0.3) is 0 Å². The Morgan fingerprint density at radius 2 is 2.04 bits per heavy atom. The van der Waals surface area contributed by atoms with Gasteiger partial charge in [-0.05, 0) is 12.1 Å². The summed E-state index contributed by atoms with van der Waals surface area (Å²) in [7, 11) is 3.10. The molecule has 0 unspecified atom stereocenters. The monoisotopic (exact) mass is 365 g/mol. The number of ketones is 1. The Labute approximate surface area is 153 Å². The van der Waals surface area contributed by atoms with E-state index in [0.29, 0.717) is 16.6 Å². The van der Waals surface area contributed by atoms with Crippen LogP contribution in [0.25, 0.3) is 17.0 Å². The number of carbonyl (C=O) groups excluding carboxylic acids is 2. The van der Waals surface area contributed by atoms with Crippen molar-refractivity contribution >= 4 is 28.7 Å². The molecule has 0 spiro atoms. The Balaban J connectivity index is 1.84. The van der Waals surface area contributed by atoms with Crippen LogP contribution in [0.2, 0.25) is 0 Å². The average molecular weight is 365 g/mol. The molecule has 7 heteroatoms. The Kier molecular flexibility index (Phi) is 3.66. The highest BCUT2D eigenvalue weighted by Crippen LogP contribution is 2.41. The van der Waals surface area contributed by atoms with Crippen LogP contribution in [0.1, 0.15) is 26.3 Å². The third-order valence-electron chi connectivity index (χ3n) is 4.46. The van der Waals surface area contributed by atoms with Gasteiger partial charge in [-0.25, -0.2) is 4.79 Å². The van der Waals surface area contributed by atoms with Gasteiger partial charge in [0.2, 0.25) is 5.78 Å². The molecule has 3 aromatic rings. The standard InChI is InChI=1S/C20H15NO6/c1-21-9-10(12-4-3-5-13(18(12)21)20(25)26-2)6-16-19(24)17-14(23)7-11(22)8-15(17)27-16/h3-9,22-23H,1-2H3/b16-6+. The second kappa shape index (κ2) is 5.91. The van der Waals surface area contributed by atoms with Gasteiger partial charge in [0.1, 0.15) is 22.8 Å². The lowest BCUT2D eigenvalue weighted by molar-refractivity contribution is 0.0602. The number of methoxy groups -OCH3 is 1. The molecular weight excluding hydrogens is 350 g/mol. The van der Waals surface area contributed by atoms with Gasteiger partial charge in [0.05, 0.1) is 18.2 Å². The first-order valence-corrected chi connectivity index (χ1v) is 8.07. The number of aryl methyl sites for hydroxylation is 1. The molecule has 2 aromatic carbocycles. The first-order valence-electron chi connectivity index (χ1n) is 8.07. The molecular formula is C20H15NO6. The lowest BCUT2D eigenvalue weighted by Crippen LogP contribution is -2.03. The number of ether oxygens (including phenoxy) is 2. The van der Waals surface area contributed by atoms with Crippen LogP contribution in [0.15, 0.2) is 42.3 Å². The van der Waals surface area contributed by atoms with Gasteiger partial charge in [-0.3, -0.25) is 4.79 Å². The topological polar surface area (TPSA) is 98.0 Å². The number of hydrogen-bond acceptors (Lipinski definition) is 6. The first-order chi connectivity index (χ1) is 12.9. The second-order valence-electron chi connectivity index (χ2n) is 6.17. The van der Waals surface area contributed by atoms with Gasteiger partial charge < -0.3 is 24.3 Å². The molecule has 0 atom stereocenters. The molecule has 0 radical (unpaired) electrons. The van der Waals surface area contributed by atoms with Crippen LogP contribution in [0.4, 0.5) is 0 Å². The minimum atomic E-state index is -0.483. The fourth-order valence-electron chi connectivity index (χ4n) is 3.31. The Hall–Kier alpha value is -3.74. The van der Waals surface area contributed by atoms with E-state index in [9.17, 15) is 19.8 Å². The van der Waals surface area contributed by atoms with Gasteiger partial charge >= 0.3 is 5.97 Å². The smallest absolute Gasteiger partial charge is 0.340 e. The molecule has 2 heterocycles. The molecule has 27 heavy (non-hydrogen) atoms. The SMILES string of the molecule is COC(=O)c1cccc2c(/C=C3/Oc4cc(O)cc(O)c4C3=O)cn(C)c12. The molecule has 7 nitrogen and oxygen atoms in total. The molecule has 1 aromatic heterocycles. The van der Waals surface area contributed by atoms with Crippen LogP contribution in [-0.4, -0.2) is 33.6 Å². The molecule has 0 aliphatic carbocycles. The van der Waals surface area contributed by atoms with E-state index in [1.165, 1.54) is 13.2 Å². The van der Waals surface area contributed by atoms with Gasteiger partial charge in [-0.2, -0.15) is 0 Å². The van der Waals surface area contributed by atoms with Crippen LogP contribution >= 0.6 is 0 Å². The zero-order chi connectivity index (χ0) is 19.3. The summed E-state index contributed by atoms with van der Waals surface area (Å²) in [4.78, 5) is 24.6. The van der Waals surface area contributed by atoms with Crippen molar-refractivity contribution in [2.24, 2.45) is 7.05 Å². The maximum absolute atomic E-state index is 12.6. The molecule has 1 aliphatic rings. The van der Waals surface area contributed by atoms with Crippen molar-refractivity contribution in [1.29, 1.82) is 0 Å². The fourth-order valence-corrected chi connectivity index (χ4v) is 3.31. The summed E-state index contributed by atoms with van der Waals surface area (Å²) in [5.41, 5.74) is 1.75. The number of hydrogen-bond donors (Lipinski definition) is 2. The lowest BCUT2D eigenvalue weighted by atomic mass is 10.1. The van der Waals surface area contributed by atoms with Crippen LogP contribution in [0.3, 0.4) is 0 Å². The summed E-state index contributed by atoms with van der Waals surface area (Å²) in [6.45, 7) is 0. The van der Waals surface area contributed by atoms with Gasteiger partial charge in [-0.1, -0.05) is 12.1 Å². The molecule has 0 saturated heterocycles. The Morgan fingerprint density at radius 1 is 1.26 bits per heavy atom. The predicted molar refractivity (Wildman–Crippen MR) is 97.0 cm³/mol. The van der Waals surface area contributed by atoms with E-state index in [4.69, 9.17) is 9.47 Å². The number of carbonyl (C=O) groups is 2. The van der Waals surface area contributed by atoms with Gasteiger partial charge in [-0.15, -0.1) is 0 Å². The lowest BCUT2D eigenvalue weighted by Gasteiger charge is -2.03. The van der Waals surface area contributed by atoms with Crippen LogP contribution in [0, 0.1) is 0 Å².